The van der Waals surface area contributed by atoms with Crippen LogP contribution in [0.1, 0.15) is 39.5 Å². The molecule has 1 atom stereocenters. The summed E-state index contributed by atoms with van der Waals surface area (Å²) in [6.45, 7) is 10.0. The van der Waals surface area contributed by atoms with Crippen molar-refractivity contribution in [3.8, 4) is 0 Å². The summed E-state index contributed by atoms with van der Waals surface area (Å²) in [6, 6.07) is 0. The topological polar surface area (TPSA) is 53.1 Å². The Kier molecular flexibility index (Phi) is 7.30. The highest BCUT2D eigenvalue weighted by Crippen LogP contribution is 2.16. The first-order valence-corrected chi connectivity index (χ1v) is 9.06. The number of carbonyl (C=O) groups excluding carboxylic acids is 2. The molecular formula is C17H31N3O3. The summed E-state index contributed by atoms with van der Waals surface area (Å²) in [5.74, 6) is 0.347. The molecule has 0 aliphatic carbocycles. The maximum absolute atomic E-state index is 12.4. The van der Waals surface area contributed by atoms with Crippen LogP contribution in [-0.4, -0.2) is 85.0 Å². The normalized spacial score (nSPS) is 22.3. The molecule has 0 aromatic rings. The van der Waals surface area contributed by atoms with E-state index in [-0.39, 0.29) is 17.9 Å². The van der Waals surface area contributed by atoms with Gasteiger partial charge in [-0.15, -0.1) is 0 Å². The van der Waals surface area contributed by atoms with Crippen molar-refractivity contribution < 1.29 is 14.3 Å². The Morgan fingerprint density at radius 1 is 1.09 bits per heavy atom. The number of hydrogen-bond donors (Lipinski definition) is 0. The minimum Gasteiger partial charge on any atom is -0.368 e. The molecule has 0 spiro atoms. The van der Waals surface area contributed by atoms with E-state index in [0.29, 0.717) is 26.2 Å². The highest BCUT2D eigenvalue weighted by atomic mass is 16.5. The van der Waals surface area contributed by atoms with Crippen molar-refractivity contribution in [2.75, 3.05) is 52.4 Å². The van der Waals surface area contributed by atoms with Gasteiger partial charge in [0.05, 0.1) is 6.54 Å². The van der Waals surface area contributed by atoms with Crippen LogP contribution in [0.3, 0.4) is 0 Å². The lowest BCUT2D eigenvalue weighted by atomic mass is 10.2. The van der Waals surface area contributed by atoms with Crippen LogP contribution in [-0.2, 0) is 14.3 Å². The Labute approximate surface area is 139 Å². The first-order chi connectivity index (χ1) is 11.2. The van der Waals surface area contributed by atoms with Crippen LogP contribution in [0.2, 0.25) is 0 Å². The average Bonchev–Trinajstić information content (AvgIpc) is 3.09. The second-order valence-electron chi connectivity index (χ2n) is 6.48. The van der Waals surface area contributed by atoms with E-state index >= 15 is 0 Å². The molecule has 2 aliphatic rings. The van der Waals surface area contributed by atoms with Gasteiger partial charge in [-0.2, -0.15) is 0 Å². The molecule has 2 heterocycles. The number of nitrogens with zero attached hydrogens (tertiary/aromatic N) is 3. The van der Waals surface area contributed by atoms with E-state index in [2.05, 4.69) is 18.7 Å². The monoisotopic (exact) mass is 325 g/mol. The molecule has 0 aromatic heterocycles. The van der Waals surface area contributed by atoms with Crippen LogP contribution in [0.5, 0.6) is 0 Å². The van der Waals surface area contributed by atoms with E-state index in [0.717, 1.165) is 51.9 Å². The van der Waals surface area contributed by atoms with Gasteiger partial charge in [0.25, 0.3) is 5.91 Å². The third-order valence-electron chi connectivity index (χ3n) is 4.59. The van der Waals surface area contributed by atoms with Crippen molar-refractivity contribution in [3.05, 3.63) is 0 Å². The average molecular weight is 325 g/mol. The third-order valence-corrected chi connectivity index (χ3v) is 4.59. The van der Waals surface area contributed by atoms with E-state index in [9.17, 15) is 9.59 Å². The van der Waals surface area contributed by atoms with Gasteiger partial charge in [0.15, 0.2) is 0 Å². The summed E-state index contributed by atoms with van der Waals surface area (Å²) in [6.07, 6.45) is 3.59. The van der Waals surface area contributed by atoms with Gasteiger partial charge >= 0.3 is 0 Å². The van der Waals surface area contributed by atoms with Crippen LogP contribution in [0.4, 0.5) is 0 Å². The number of ether oxygens (including phenoxy) is 1. The van der Waals surface area contributed by atoms with Gasteiger partial charge in [0, 0.05) is 45.9 Å². The molecule has 2 fully saturated rings. The number of piperazine rings is 1. The lowest BCUT2D eigenvalue weighted by Gasteiger charge is -2.36. The Bertz CT molecular complexity index is 383. The van der Waals surface area contributed by atoms with Gasteiger partial charge in [-0.3, -0.25) is 14.5 Å². The fraction of sp³-hybridized carbons (Fsp3) is 0.882. The molecule has 2 saturated heterocycles. The number of carbonyl (C=O) groups is 2. The number of amides is 2. The van der Waals surface area contributed by atoms with Crippen molar-refractivity contribution >= 4 is 11.8 Å². The summed E-state index contributed by atoms with van der Waals surface area (Å²) >= 11 is 0. The smallest absolute Gasteiger partial charge is 0.251 e. The first kappa shape index (κ1) is 18.2. The lowest BCUT2D eigenvalue weighted by Crippen LogP contribution is -2.53. The predicted molar refractivity (Wildman–Crippen MR) is 89.2 cm³/mol. The summed E-state index contributed by atoms with van der Waals surface area (Å²) in [7, 11) is 0. The standard InChI is InChI=1S/C17H31N3O3/c1-3-7-19(8-4-2)16(21)14-18-9-11-20(12-10-18)17(22)15-6-5-13-23-15/h15H,3-14H2,1-2H3. The zero-order valence-electron chi connectivity index (χ0n) is 14.6. The maximum atomic E-state index is 12.4. The first-order valence-electron chi connectivity index (χ1n) is 9.06. The van der Waals surface area contributed by atoms with Crippen LogP contribution in [0.25, 0.3) is 0 Å². The Hall–Kier alpha value is -1.14. The largest absolute Gasteiger partial charge is 0.368 e. The van der Waals surface area contributed by atoms with E-state index in [1.54, 1.807) is 0 Å². The van der Waals surface area contributed by atoms with Crippen LogP contribution in [0, 0.1) is 0 Å². The van der Waals surface area contributed by atoms with Crippen molar-refractivity contribution in [1.29, 1.82) is 0 Å². The van der Waals surface area contributed by atoms with Crippen LogP contribution >= 0.6 is 0 Å². The quantitative estimate of drug-likeness (QED) is 0.700. The minimum atomic E-state index is -0.229. The highest BCUT2D eigenvalue weighted by Gasteiger charge is 2.30. The molecule has 2 amide bonds. The lowest BCUT2D eigenvalue weighted by molar-refractivity contribution is -0.143. The molecule has 23 heavy (non-hydrogen) atoms. The number of hydrogen-bond acceptors (Lipinski definition) is 4. The molecule has 1 unspecified atom stereocenters. The Morgan fingerprint density at radius 2 is 1.74 bits per heavy atom. The molecule has 2 rings (SSSR count). The Balaban J connectivity index is 1.75. The third kappa shape index (κ3) is 5.18. The highest BCUT2D eigenvalue weighted by molar-refractivity contribution is 5.81. The Morgan fingerprint density at radius 3 is 2.26 bits per heavy atom. The SMILES string of the molecule is CCCN(CCC)C(=O)CN1CCN(C(=O)C2CCCO2)CC1. The maximum Gasteiger partial charge on any atom is 0.251 e. The van der Waals surface area contributed by atoms with Gasteiger partial charge in [-0.05, 0) is 25.7 Å². The van der Waals surface area contributed by atoms with E-state index in [1.807, 2.05) is 9.80 Å². The molecule has 6 heteroatoms. The summed E-state index contributed by atoms with van der Waals surface area (Å²) in [5.41, 5.74) is 0. The van der Waals surface area contributed by atoms with Crippen molar-refractivity contribution in [3.63, 3.8) is 0 Å². The fourth-order valence-electron chi connectivity index (χ4n) is 3.29. The molecule has 2 aliphatic heterocycles. The van der Waals surface area contributed by atoms with Gasteiger partial charge in [-0.25, -0.2) is 0 Å². The second-order valence-corrected chi connectivity index (χ2v) is 6.48. The molecule has 0 N–H and O–H groups in total. The molecule has 6 nitrogen and oxygen atoms in total. The molecule has 0 bridgehead atoms. The van der Waals surface area contributed by atoms with Gasteiger partial charge in [0.1, 0.15) is 6.10 Å². The molecule has 0 saturated carbocycles. The molecular weight excluding hydrogens is 294 g/mol. The minimum absolute atomic E-state index is 0.132. The molecule has 0 aromatic carbocycles. The van der Waals surface area contributed by atoms with E-state index < -0.39 is 0 Å². The zero-order valence-corrected chi connectivity index (χ0v) is 14.6. The summed E-state index contributed by atoms with van der Waals surface area (Å²) in [5, 5.41) is 0. The zero-order chi connectivity index (χ0) is 16.7. The van der Waals surface area contributed by atoms with Crippen molar-refractivity contribution in [1.82, 2.24) is 14.7 Å². The van der Waals surface area contributed by atoms with Crippen LogP contribution < -0.4 is 0 Å². The summed E-state index contributed by atoms with van der Waals surface area (Å²) in [4.78, 5) is 30.7. The van der Waals surface area contributed by atoms with Crippen LogP contribution in [0.15, 0.2) is 0 Å². The van der Waals surface area contributed by atoms with Gasteiger partial charge < -0.3 is 14.5 Å². The van der Waals surface area contributed by atoms with Crippen molar-refractivity contribution in [2.24, 2.45) is 0 Å². The fourth-order valence-corrected chi connectivity index (χ4v) is 3.29. The van der Waals surface area contributed by atoms with Crippen molar-refractivity contribution in [2.45, 2.75) is 45.6 Å². The molecule has 0 radical (unpaired) electrons. The number of rotatable bonds is 7. The molecule has 132 valence electrons. The predicted octanol–water partition coefficient (Wildman–Crippen LogP) is 0.958. The van der Waals surface area contributed by atoms with Gasteiger partial charge in [-0.1, -0.05) is 13.8 Å². The second kappa shape index (κ2) is 9.23. The summed E-state index contributed by atoms with van der Waals surface area (Å²) < 4.78 is 5.48. The van der Waals surface area contributed by atoms with E-state index in [4.69, 9.17) is 4.74 Å². The van der Waals surface area contributed by atoms with Gasteiger partial charge in [0.2, 0.25) is 5.91 Å². The van der Waals surface area contributed by atoms with E-state index in [1.165, 1.54) is 0 Å².